The number of halogens is 1. The minimum Gasteiger partial charge on any atom is -0.468 e. The zero-order valence-electron chi connectivity index (χ0n) is 19.2. The van der Waals surface area contributed by atoms with Crippen molar-refractivity contribution in [2.24, 2.45) is 0 Å². The standard InChI is InChI=1S/C24H25FN6O3/c1-14-10-21(29-28-14)31-13-19(24(32)30-8-9-33-15(2)12-30)18-5-7-22(27-23(18)31)34-16(3)20-6-4-17(25)11-26-20/h4-7,10-11,13,15-16H,8-9,12H2,1-3H3,(H,28,29)/t15-,16-/m1/s1. The molecule has 1 saturated heterocycles. The molecular weight excluding hydrogens is 439 g/mol. The van der Waals surface area contributed by atoms with Crippen molar-refractivity contribution in [1.29, 1.82) is 0 Å². The molecule has 5 rings (SSSR count). The molecule has 34 heavy (non-hydrogen) atoms. The number of pyridine rings is 2. The number of hydrogen-bond acceptors (Lipinski definition) is 6. The van der Waals surface area contributed by atoms with E-state index in [1.165, 1.54) is 6.07 Å². The summed E-state index contributed by atoms with van der Waals surface area (Å²) in [4.78, 5) is 24.0. The summed E-state index contributed by atoms with van der Waals surface area (Å²) in [5, 5.41) is 7.98. The van der Waals surface area contributed by atoms with E-state index in [1.54, 1.807) is 27.8 Å². The highest BCUT2D eigenvalue weighted by atomic mass is 19.1. The van der Waals surface area contributed by atoms with Crippen molar-refractivity contribution in [2.75, 3.05) is 19.7 Å². The number of carbonyl (C=O) groups excluding carboxylic acids is 1. The number of nitrogens with one attached hydrogen (secondary N) is 1. The largest absolute Gasteiger partial charge is 0.468 e. The summed E-state index contributed by atoms with van der Waals surface area (Å²) in [5.41, 5.74) is 2.55. The Morgan fingerprint density at radius 3 is 2.88 bits per heavy atom. The van der Waals surface area contributed by atoms with Crippen molar-refractivity contribution < 1.29 is 18.7 Å². The fourth-order valence-electron chi connectivity index (χ4n) is 4.06. The van der Waals surface area contributed by atoms with E-state index in [0.717, 1.165) is 11.9 Å². The van der Waals surface area contributed by atoms with Gasteiger partial charge in [-0.25, -0.2) is 4.39 Å². The molecule has 0 bridgehead atoms. The van der Waals surface area contributed by atoms with Gasteiger partial charge in [0.25, 0.3) is 5.91 Å². The second-order valence-electron chi connectivity index (χ2n) is 8.44. The van der Waals surface area contributed by atoms with Gasteiger partial charge >= 0.3 is 0 Å². The number of fused-ring (bicyclic) bond motifs is 1. The van der Waals surface area contributed by atoms with Crippen molar-refractivity contribution >= 4 is 16.9 Å². The van der Waals surface area contributed by atoms with Gasteiger partial charge in [-0.3, -0.25) is 19.4 Å². The van der Waals surface area contributed by atoms with E-state index in [2.05, 4.69) is 15.2 Å². The van der Waals surface area contributed by atoms with E-state index < -0.39 is 11.9 Å². The fraction of sp³-hybridized carbons (Fsp3) is 0.333. The topological polar surface area (TPSA) is 98.2 Å². The van der Waals surface area contributed by atoms with Gasteiger partial charge in [0.2, 0.25) is 5.88 Å². The number of hydrogen-bond donors (Lipinski definition) is 1. The van der Waals surface area contributed by atoms with Crippen LogP contribution in [0, 0.1) is 12.7 Å². The Balaban J connectivity index is 1.53. The molecule has 5 heterocycles. The molecule has 0 radical (unpaired) electrons. The first-order chi connectivity index (χ1) is 16.4. The van der Waals surface area contributed by atoms with Gasteiger partial charge in [-0.05, 0) is 39.0 Å². The summed E-state index contributed by atoms with van der Waals surface area (Å²) in [6.07, 6.45) is 2.46. The van der Waals surface area contributed by atoms with E-state index >= 15 is 0 Å². The predicted molar refractivity (Wildman–Crippen MR) is 123 cm³/mol. The van der Waals surface area contributed by atoms with E-state index in [1.807, 2.05) is 32.9 Å². The molecule has 1 aliphatic rings. The molecule has 176 valence electrons. The van der Waals surface area contributed by atoms with Gasteiger partial charge in [0.05, 0.1) is 30.2 Å². The van der Waals surface area contributed by atoms with E-state index in [0.29, 0.717) is 53.7 Å². The Hall–Kier alpha value is -3.79. The van der Waals surface area contributed by atoms with Crippen LogP contribution >= 0.6 is 0 Å². The van der Waals surface area contributed by atoms with Crippen LogP contribution in [0.1, 0.15) is 41.7 Å². The number of aromatic amines is 1. The number of ether oxygens (including phenoxy) is 2. The second-order valence-corrected chi connectivity index (χ2v) is 8.44. The first kappa shape index (κ1) is 22.0. The molecule has 10 heteroatoms. The van der Waals surface area contributed by atoms with Crippen LogP contribution in [0.5, 0.6) is 5.88 Å². The Morgan fingerprint density at radius 1 is 1.32 bits per heavy atom. The minimum absolute atomic E-state index is 0.0141. The molecule has 1 amide bonds. The van der Waals surface area contributed by atoms with Crippen LogP contribution in [0.2, 0.25) is 0 Å². The third-order valence-electron chi connectivity index (χ3n) is 5.79. The number of nitrogens with zero attached hydrogens (tertiary/aromatic N) is 5. The molecule has 4 aromatic heterocycles. The van der Waals surface area contributed by atoms with Gasteiger partial charge in [0.15, 0.2) is 11.5 Å². The van der Waals surface area contributed by atoms with Gasteiger partial charge in [-0.2, -0.15) is 10.1 Å². The molecule has 0 unspecified atom stereocenters. The molecule has 1 N–H and O–H groups in total. The average molecular weight is 465 g/mol. The smallest absolute Gasteiger partial charge is 0.256 e. The summed E-state index contributed by atoms with van der Waals surface area (Å²) >= 11 is 0. The van der Waals surface area contributed by atoms with Crippen LogP contribution in [0.3, 0.4) is 0 Å². The lowest BCUT2D eigenvalue weighted by Gasteiger charge is -2.31. The van der Waals surface area contributed by atoms with Crippen LogP contribution < -0.4 is 4.74 Å². The van der Waals surface area contributed by atoms with Gasteiger partial charge in [0, 0.05) is 42.5 Å². The number of amides is 1. The number of aryl methyl sites for hydroxylation is 1. The zero-order valence-corrected chi connectivity index (χ0v) is 19.2. The number of morpholine rings is 1. The number of H-pyrrole nitrogens is 1. The molecule has 0 aromatic carbocycles. The molecular formula is C24H25FN6O3. The molecule has 4 aromatic rings. The molecule has 0 spiro atoms. The molecule has 1 aliphatic heterocycles. The van der Waals surface area contributed by atoms with Gasteiger partial charge in [-0.15, -0.1) is 0 Å². The quantitative estimate of drug-likeness (QED) is 0.485. The van der Waals surface area contributed by atoms with Crippen LogP contribution in [0.25, 0.3) is 16.9 Å². The van der Waals surface area contributed by atoms with E-state index in [4.69, 9.17) is 14.5 Å². The van der Waals surface area contributed by atoms with Crippen molar-refractivity contribution in [2.45, 2.75) is 33.0 Å². The second kappa shape index (κ2) is 8.86. The Morgan fingerprint density at radius 2 is 2.18 bits per heavy atom. The van der Waals surface area contributed by atoms with Crippen LogP contribution in [-0.4, -0.2) is 61.3 Å². The van der Waals surface area contributed by atoms with Crippen molar-refractivity contribution in [1.82, 2.24) is 29.6 Å². The Labute approximate surface area is 195 Å². The van der Waals surface area contributed by atoms with Gasteiger partial charge < -0.3 is 14.4 Å². The Kier molecular flexibility index (Phi) is 5.74. The predicted octanol–water partition coefficient (Wildman–Crippen LogP) is 3.59. The maximum absolute atomic E-state index is 13.4. The monoisotopic (exact) mass is 464 g/mol. The normalized spacial score (nSPS) is 17.2. The summed E-state index contributed by atoms with van der Waals surface area (Å²) < 4.78 is 26.6. The summed E-state index contributed by atoms with van der Waals surface area (Å²) in [6.45, 7) is 7.25. The number of rotatable bonds is 5. The van der Waals surface area contributed by atoms with Crippen molar-refractivity contribution in [3.63, 3.8) is 0 Å². The fourth-order valence-corrected chi connectivity index (χ4v) is 4.06. The lowest BCUT2D eigenvalue weighted by atomic mass is 10.1. The highest BCUT2D eigenvalue weighted by Gasteiger charge is 2.27. The Bertz CT molecular complexity index is 1330. The highest BCUT2D eigenvalue weighted by molar-refractivity contribution is 6.06. The third kappa shape index (κ3) is 4.24. The van der Waals surface area contributed by atoms with Gasteiger partial charge in [0.1, 0.15) is 11.9 Å². The summed E-state index contributed by atoms with van der Waals surface area (Å²) in [7, 11) is 0. The average Bonchev–Trinajstić information content (AvgIpc) is 3.42. The minimum atomic E-state index is -0.447. The first-order valence-corrected chi connectivity index (χ1v) is 11.1. The van der Waals surface area contributed by atoms with E-state index in [9.17, 15) is 9.18 Å². The van der Waals surface area contributed by atoms with Crippen molar-refractivity contribution in [3.8, 4) is 11.7 Å². The van der Waals surface area contributed by atoms with Gasteiger partial charge in [-0.1, -0.05) is 0 Å². The summed E-state index contributed by atoms with van der Waals surface area (Å²) in [6, 6.07) is 8.35. The van der Waals surface area contributed by atoms with Crippen LogP contribution in [0.4, 0.5) is 4.39 Å². The number of aromatic nitrogens is 5. The molecule has 1 fully saturated rings. The molecule has 0 aliphatic carbocycles. The molecule has 0 saturated carbocycles. The van der Waals surface area contributed by atoms with Crippen LogP contribution in [-0.2, 0) is 4.74 Å². The van der Waals surface area contributed by atoms with Crippen molar-refractivity contribution in [3.05, 3.63) is 65.5 Å². The maximum atomic E-state index is 13.4. The molecule has 9 nitrogen and oxygen atoms in total. The zero-order chi connectivity index (χ0) is 23.8. The first-order valence-electron chi connectivity index (χ1n) is 11.1. The summed E-state index contributed by atoms with van der Waals surface area (Å²) in [5.74, 6) is 0.492. The third-order valence-corrected chi connectivity index (χ3v) is 5.79. The highest BCUT2D eigenvalue weighted by Crippen LogP contribution is 2.28. The lowest BCUT2D eigenvalue weighted by molar-refractivity contribution is -0.0123. The maximum Gasteiger partial charge on any atom is 0.256 e. The number of carbonyl (C=O) groups is 1. The lowest BCUT2D eigenvalue weighted by Crippen LogP contribution is -2.44. The SMILES string of the molecule is Cc1cc(-n2cc(C(=O)N3CCO[C@H](C)C3)c3ccc(O[C@H](C)c4ccc(F)cn4)nc32)n[nH]1. The van der Waals surface area contributed by atoms with E-state index in [-0.39, 0.29) is 12.0 Å². The van der Waals surface area contributed by atoms with Crippen LogP contribution in [0.15, 0.2) is 42.7 Å². The molecule has 2 atom stereocenters.